The molecule has 0 spiro atoms. The van der Waals surface area contributed by atoms with Crippen LogP contribution in [0.3, 0.4) is 0 Å². The van der Waals surface area contributed by atoms with Gasteiger partial charge in [-0.05, 0) is 50.8 Å². The lowest BCUT2D eigenvalue weighted by molar-refractivity contribution is -0.142. The first-order valence-corrected chi connectivity index (χ1v) is 15.0. The van der Waals surface area contributed by atoms with Crippen LogP contribution < -0.4 is 0 Å². The molecule has 14 heteroatoms. The Balaban J connectivity index is 0.954. The number of amides is 3. The number of thiazole rings is 1. The van der Waals surface area contributed by atoms with Gasteiger partial charge in [0.15, 0.2) is 5.69 Å². The summed E-state index contributed by atoms with van der Waals surface area (Å²) >= 11 is 1.54. The van der Waals surface area contributed by atoms with Crippen molar-refractivity contribution < 1.29 is 32.4 Å². The number of oxime groups is 1. The van der Waals surface area contributed by atoms with Crippen molar-refractivity contribution in [2.45, 2.75) is 63.8 Å². The minimum Gasteiger partial charge on any atom is -0.392 e. The highest BCUT2D eigenvalue weighted by atomic mass is 32.1. The molecular formula is C29H29F3N6O4S. The van der Waals surface area contributed by atoms with Crippen LogP contribution >= 0.6 is 11.3 Å². The highest BCUT2D eigenvalue weighted by molar-refractivity contribution is 7.10. The summed E-state index contributed by atoms with van der Waals surface area (Å²) in [6.45, 7) is 2.57. The Labute approximate surface area is 249 Å². The molecule has 0 N–H and O–H groups in total. The lowest BCUT2D eigenvalue weighted by Crippen LogP contribution is -2.40. The number of alkyl halides is 3. The predicted molar refractivity (Wildman–Crippen MR) is 150 cm³/mol. The number of rotatable bonds is 8. The summed E-state index contributed by atoms with van der Waals surface area (Å²) in [6, 6.07) is 7.78. The molecule has 5 heterocycles. The van der Waals surface area contributed by atoms with Crippen molar-refractivity contribution in [3.8, 4) is 0 Å². The highest BCUT2D eigenvalue weighted by Gasteiger charge is 2.36. The molecule has 0 bridgehead atoms. The van der Waals surface area contributed by atoms with Gasteiger partial charge in [0, 0.05) is 43.0 Å². The van der Waals surface area contributed by atoms with E-state index in [-0.39, 0.29) is 42.0 Å². The second-order valence-electron chi connectivity index (χ2n) is 11.0. The Morgan fingerprint density at radius 1 is 1.12 bits per heavy atom. The maximum absolute atomic E-state index is 13.0. The monoisotopic (exact) mass is 614 g/mol. The van der Waals surface area contributed by atoms with Gasteiger partial charge in [0.25, 0.3) is 11.8 Å². The summed E-state index contributed by atoms with van der Waals surface area (Å²) in [4.78, 5) is 51.3. The van der Waals surface area contributed by atoms with E-state index in [9.17, 15) is 27.6 Å². The zero-order chi connectivity index (χ0) is 30.3. The fraction of sp³-hybridized carbons (Fsp3) is 0.448. The molecule has 0 aliphatic carbocycles. The van der Waals surface area contributed by atoms with E-state index in [1.165, 1.54) is 23.2 Å². The molecule has 2 aromatic heterocycles. The summed E-state index contributed by atoms with van der Waals surface area (Å²) < 4.78 is 40.0. The molecule has 10 nitrogen and oxygen atoms in total. The van der Waals surface area contributed by atoms with Crippen LogP contribution in [0.2, 0.25) is 0 Å². The number of imide groups is 1. The second-order valence-corrected chi connectivity index (χ2v) is 11.9. The van der Waals surface area contributed by atoms with Crippen molar-refractivity contribution in [3.63, 3.8) is 0 Å². The Morgan fingerprint density at radius 3 is 2.47 bits per heavy atom. The molecule has 6 rings (SSSR count). The van der Waals surface area contributed by atoms with Gasteiger partial charge in [0.2, 0.25) is 5.91 Å². The summed E-state index contributed by atoms with van der Waals surface area (Å²) in [5.74, 6) is -0.612. The fourth-order valence-corrected chi connectivity index (χ4v) is 6.67. The van der Waals surface area contributed by atoms with Gasteiger partial charge >= 0.3 is 6.18 Å². The van der Waals surface area contributed by atoms with Crippen LogP contribution in [0.4, 0.5) is 13.2 Å². The number of piperidine rings is 1. The van der Waals surface area contributed by atoms with E-state index in [0.717, 1.165) is 27.2 Å². The lowest BCUT2D eigenvalue weighted by Gasteiger charge is -2.31. The Morgan fingerprint density at radius 2 is 1.81 bits per heavy atom. The molecule has 1 atom stereocenters. The topological polar surface area (TPSA) is 110 Å². The number of hydrogen-bond donors (Lipinski definition) is 0. The van der Waals surface area contributed by atoms with E-state index in [2.05, 4.69) is 10.3 Å². The quantitative estimate of drug-likeness (QED) is 0.342. The molecule has 0 radical (unpaired) electrons. The number of likely N-dealkylation sites (tertiary alicyclic amines) is 1. The minimum atomic E-state index is -4.55. The van der Waals surface area contributed by atoms with Crippen molar-refractivity contribution in [1.82, 2.24) is 24.6 Å². The molecule has 226 valence electrons. The third-order valence-corrected chi connectivity index (χ3v) is 9.10. The predicted octanol–water partition coefficient (Wildman–Crippen LogP) is 4.64. The first-order chi connectivity index (χ1) is 20.6. The number of hydrogen-bond acceptors (Lipinski definition) is 8. The number of aromatic nitrogens is 3. The average Bonchev–Trinajstić information content (AvgIpc) is 3.78. The van der Waals surface area contributed by atoms with Crippen molar-refractivity contribution >= 4 is 34.8 Å². The smallest absolute Gasteiger partial charge is 0.392 e. The van der Waals surface area contributed by atoms with Crippen LogP contribution in [0.5, 0.6) is 0 Å². The van der Waals surface area contributed by atoms with Gasteiger partial charge in [-0.25, -0.2) is 4.98 Å². The standard InChI is InChI=1S/C29H29F3N6O4S/c1-17-13-24(29(30,31)32)34-38(17)15-25(39)36-11-8-18(9-12-36)26-33-23(16-43-26)22-14-19(42-35-22)5-4-10-37-27(40)20-6-2-3-7-21(20)28(37)41/h2-3,6-7,13,16,18-19H,4-5,8-12,14-15H2,1H3. The molecule has 1 fully saturated rings. The molecule has 0 saturated carbocycles. The number of fused-ring (bicyclic) bond motifs is 1. The first-order valence-electron chi connectivity index (χ1n) is 14.1. The molecule has 43 heavy (non-hydrogen) atoms. The van der Waals surface area contributed by atoms with Gasteiger partial charge < -0.3 is 9.74 Å². The Kier molecular flexibility index (Phi) is 7.79. The minimum absolute atomic E-state index is 0.157. The Hall–Kier alpha value is -4.07. The molecule has 3 amide bonds. The van der Waals surface area contributed by atoms with Crippen molar-refractivity contribution in [2.24, 2.45) is 5.16 Å². The molecule has 3 aromatic rings. The molecule has 1 unspecified atom stereocenters. The summed E-state index contributed by atoms with van der Waals surface area (Å²) in [5.41, 5.74) is 1.69. The van der Waals surface area contributed by atoms with Crippen LogP contribution in [-0.4, -0.2) is 73.7 Å². The van der Waals surface area contributed by atoms with Gasteiger partial charge in [-0.1, -0.05) is 17.3 Å². The number of nitrogens with zero attached hydrogens (tertiary/aromatic N) is 6. The third-order valence-electron chi connectivity index (χ3n) is 8.09. The summed E-state index contributed by atoms with van der Waals surface area (Å²) in [5, 5.41) is 10.7. The average molecular weight is 615 g/mol. The molecule has 1 saturated heterocycles. The van der Waals surface area contributed by atoms with Crippen LogP contribution in [0, 0.1) is 6.92 Å². The van der Waals surface area contributed by atoms with Crippen LogP contribution in [0.1, 0.15) is 80.8 Å². The lowest BCUT2D eigenvalue weighted by atomic mass is 9.97. The van der Waals surface area contributed by atoms with Crippen molar-refractivity contribution in [2.75, 3.05) is 19.6 Å². The molecule has 3 aliphatic rings. The van der Waals surface area contributed by atoms with E-state index in [1.807, 2.05) is 5.38 Å². The normalized spacial score (nSPS) is 19.2. The first kappa shape index (κ1) is 29.0. The van der Waals surface area contributed by atoms with Gasteiger partial charge in [-0.15, -0.1) is 11.3 Å². The zero-order valence-electron chi connectivity index (χ0n) is 23.3. The molecule has 3 aliphatic heterocycles. The van der Waals surface area contributed by atoms with E-state index < -0.39 is 11.9 Å². The van der Waals surface area contributed by atoms with Crippen LogP contribution in [-0.2, 0) is 22.4 Å². The van der Waals surface area contributed by atoms with E-state index in [1.54, 1.807) is 29.2 Å². The van der Waals surface area contributed by atoms with Gasteiger partial charge in [-0.2, -0.15) is 18.3 Å². The Bertz CT molecular complexity index is 1560. The number of halogens is 3. The number of carbonyl (C=O) groups excluding carboxylic acids is 3. The molecule has 1 aromatic carbocycles. The summed E-state index contributed by atoms with van der Waals surface area (Å²) in [6.07, 6.45) is -1.48. The maximum Gasteiger partial charge on any atom is 0.435 e. The van der Waals surface area contributed by atoms with Gasteiger partial charge in [-0.3, -0.25) is 24.0 Å². The maximum atomic E-state index is 13.0. The van der Waals surface area contributed by atoms with Crippen LogP contribution in [0.15, 0.2) is 40.9 Å². The number of aryl methyl sites for hydroxylation is 1. The van der Waals surface area contributed by atoms with Crippen molar-refractivity contribution in [1.29, 1.82) is 0 Å². The van der Waals surface area contributed by atoms with E-state index in [4.69, 9.17) is 9.82 Å². The van der Waals surface area contributed by atoms with Crippen LogP contribution in [0.25, 0.3) is 0 Å². The van der Waals surface area contributed by atoms with E-state index >= 15 is 0 Å². The number of benzene rings is 1. The SMILES string of the molecule is Cc1cc(C(F)(F)F)nn1CC(=O)N1CCC(c2nc(C3=NOC(CCCN4C(=O)c5ccccc5C4=O)C3)cs2)CC1. The van der Waals surface area contributed by atoms with Gasteiger partial charge in [0.05, 0.1) is 21.8 Å². The zero-order valence-corrected chi connectivity index (χ0v) is 24.2. The number of carbonyl (C=O) groups is 3. The van der Waals surface area contributed by atoms with E-state index in [0.29, 0.717) is 62.9 Å². The largest absolute Gasteiger partial charge is 0.435 e. The highest BCUT2D eigenvalue weighted by Crippen LogP contribution is 2.32. The molecular weight excluding hydrogens is 585 g/mol. The fourth-order valence-electron chi connectivity index (χ4n) is 5.67. The third kappa shape index (κ3) is 5.92. The summed E-state index contributed by atoms with van der Waals surface area (Å²) in [7, 11) is 0. The second kappa shape index (κ2) is 11.5. The van der Waals surface area contributed by atoms with Crippen molar-refractivity contribution in [3.05, 3.63) is 68.9 Å². The van der Waals surface area contributed by atoms with Gasteiger partial charge in [0.1, 0.15) is 18.4 Å².